The first-order chi connectivity index (χ1) is 9.95. The molecular formula is C13H19N3O4S. The summed E-state index contributed by atoms with van der Waals surface area (Å²) in [6, 6.07) is 0. The topological polar surface area (TPSA) is 108 Å². The van der Waals surface area contributed by atoms with Crippen molar-refractivity contribution in [3.63, 3.8) is 0 Å². The fraction of sp³-hybridized carbons (Fsp3) is 0.538. The number of esters is 1. The second-order valence-electron chi connectivity index (χ2n) is 4.74. The first-order valence-electron chi connectivity index (χ1n) is 6.71. The molecule has 1 aliphatic heterocycles. The number of amides is 1. The minimum atomic E-state index is -0.643. The van der Waals surface area contributed by atoms with Gasteiger partial charge in [-0.25, -0.2) is 4.79 Å². The number of morpholine rings is 1. The maximum Gasteiger partial charge on any atom is 0.343 e. The Morgan fingerprint density at radius 2 is 2.24 bits per heavy atom. The van der Waals surface area contributed by atoms with Gasteiger partial charge >= 0.3 is 5.97 Å². The standard InChI is InChI=1S/C13H19N3O4S/c1-3-19-13(18)8-9(14)10(11(15)17)21-12(8)16-4-5-20-7(2)6-16/h7H,3-6,14H2,1-2H3,(H2,15,17). The highest BCUT2D eigenvalue weighted by molar-refractivity contribution is 7.19. The zero-order valence-corrected chi connectivity index (χ0v) is 12.9. The van der Waals surface area contributed by atoms with Gasteiger partial charge in [-0.3, -0.25) is 4.79 Å². The molecule has 1 amide bonds. The van der Waals surface area contributed by atoms with Crippen LogP contribution in [0.3, 0.4) is 0 Å². The number of carbonyl (C=O) groups excluding carboxylic acids is 2. The van der Waals surface area contributed by atoms with E-state index in [-0.39, 0.29) is 28.8 Å². The van der Waals surface area contributed by atoms with Crippen LogP contribution in [-0.4, -0.2) is 44.3 Å². The van der Waals surface area contributed by atoms with E-state index >= 15 is 0 Å². The molecule has 1 aromatic rings. The molecule has 0 aliphatic carbocycles. The van der Waals surface area contributed by atoms with Gasteiger partial charge in [-0.15, -0.1) is 11.3 Å². The van der Waals surface area contributed by atoms with Crippen LogP contribution < -0.4 is 16.4 Å². The summed E-state index contributed by atoms with van der Waals surface area (Å²) in [5.74, 6) is -1.18. The van der Waals surface area contributed by atoms with Crippen LogP contribution in [0.4, 0.5) is 10.7 Å². The number of hydrogen-bond donors (Lipinski definition) is 2. The van der Waals surface area contributed by atoms with Gasteiger partial charge in [0.15, 0.2) is 0 Å². The van der Waals surface area contributed by atoms with Crippen LogP contribution in [0.1, 0.15) is 33.9 Å². The van der Waals surface area contributed by atoms with E-state index in [4.69, 9.17) is 20.9 Å². The highest BCUT2D eigenvalue weighted by Crippen LogP contribution is 2.39. The number of nitrogen functional groups attached to an aromatic ring is 1. The van der Waals surface area contributed by atoms with Gasteiger partial charge in [0.1, 0.15) is 15.4 Å². The Morgan fingerprint density at radius 3 is 2.81 bits per heavy atom. The molecular weight excluding hydrogens is 294 g/mol. The molecule has 0 spiro atoms. The Balaban J connectivity index is 2.45. The predicted molar refractivity (Wildman–Crippen MR) is 80.8 cm³/mol. The van der Waals surface area contributed by atoms with Gasteiger partial charge in [0.25, 0.3) is 5.91 Å². The molecule has 1 atom stereocenters. The molecule has 0 saturated carbocycles. The van der Waals surface area contributed by atoms with Crippen molar-refractivity contribution in [2.75, 3.05) is 36.9 Å². The molecule has 0 bridgehead atoms. The first-order valence-corrected chi connectivity index (χ1v) is 7.53. The van der Waals surface area contributed by atoms with Crippen LogP contribution in [0.2, 0.25) is 0 Å². The molecule has 2 rings (SSSR count). The van der Waals surface area contributed by atoms with Gasteiger partial charge in [0.05, 0.1) is 25.0 Å². The van der Waals surface area contributed by atoms with Gasteiger partial charge in [-0.05, 0) is 13.8 Å². The third-order valence-electron chi connectivity index (χ3n) is 3.16. The molecule has 8 heteroatoms. The van der Waals surface area contributed by atoms with E-state index in [2.05, 4.69) is 0 Å². The molecule has 116 valence electrons. The second-order valence-corrected chi connectivity index (χ2v) is 5.74. The second kappa shape index (κ2) is 6.31. The van der Waals surface area contributed by atoms with Crippen LogP contribution in [0.5, 0.6) is 0 Å². The van der Waals surface area contributed by atoms with Crippen LogP contribution in [0, 0.1) is 0 Å². The fourth-order valence-corrected chi connectivity index (χ4v) is 3.34. The molecule has 0 aromatic carbocycles. The van der Waals surface area contributed by atoms with E-state index in [0.29, 0.717) is 24.7 Å². The highest BCUT2D eigenvalue weighted by atomic mass is 32.1. The molecule has 1 aliphatic rings. The Hall–Kier alpha value is -1.80. The zero-order valence-electron chi connectivity index (χ0n) is 12.0. The zero-order chi connectivity index (χ0) is 15.6. The van der Waals surface area contributed by atoms with Gasteiger partial charge < -0.3 is 25.8 Å². The Labute approximate surface area is 126 Å². The number of carbonyl (C=O) groups is 2. The van der Waals surface area contributed by atoms with Crippen LogP contribution >= 0.6 is 11.3 Å². The smallest absolute Gasteiger partial charge is 0.343 e. The lowest BCUT2D eigenvalue weighted by molar-refractivity contribution is 0.0504. The Kier molecular flexibility index (Phi) is 4.69. The lowest BCUT2D eigenvalue weighted by Gasteiger charge is -2.32. The number of nitrogens with two attached hydrogens (primary N) is 2. The normalized spacial score (nSPS) is 18.6. The molecule has 2 heterocycles. The third kappa shape index (κ3) is 3.11. The van der Waals surface area contributed by atoms with Crippen molar-refractivity contribution in [3.8, 4) is 0 Å². The molecule has 1 fully saturated rings. The van der Waals surface area contributed by atoms with Crippen LogP contribution in [-0.2, 0) is 9.47 Å². The Morgan fingerprint density at radius 1 is 1.52 bits per heavy atom. The first kappa shape index (κ1) is 15.6. The van der Waals surface area contributed by atoms with Crippen molar-refractivity contribution < 1.29 is 19.1 Å². The van der Waals surface area contributed by atoms with Crippen molar-refractivity contribution >= 4 is 33.9 Å². The van der Waals surface area contributed by atoms with E-state index in [1.165, 1.54) is 0 Å². The van der Waals surface area contributed by atoms with Gasteiger partial charge in [-0.1, -0.05) is 0 Å². The van der Waals surface area contributed by atoms with E-state index in [9.17, 15) is 9.59 Å². The maximum atomic E-state index is 12.1. The summed E-state index contributed by atoms with van der Waals surface area (Å²) in [6.45, 7) is 5.68. The van der Waals surface area contributed by atoms with Gasteiger partial charge in [0.2, 0.25) is 0 Å². The van der Waals surface area contributed by atoms with E-state index in [0.717, 1.165) is 11.3 Å². The monoisotopic (exact) mass is 313 g/mol. The summed E-state index contributed by atoms with van der Waals surface area (Å²) in [4.78, 5) is 25.8. The molecule has 1 aromatic heterocycles. The van der Waals surface area contributed by atoms with Gasteiger partial charge in [-0.2, -0.15) is 0 Å². The summed E-state index contributed by atoms with van der Waals surface area (Å²) in [7, 11) is 0. The summed E-state index contributed by atoms with van der Waals surface area (Å²) in [6.07, 6.45) is 0.0362. The van der Waals surface area contributed by atoms with Crippen molar-refractivity contribution in [1.82, 2.24) is 0 Å². The number of anilines is 2. The minimum Gasteiger partial charge on any atom is -0.462 e. The lowest BCUT2D eigenvalue weighted by atomic mass is 10.2. The fourth-order valence-electron chi connectivity index (χ4n) is 2.24. The number of rotatable bonds is 4. The van der Waals surface area contributed by atoms with E-state index in [1.54, 1.807) is 6.92 Å². The summed E-state index contributed by atoms with van der Waals surface area (Å²) >= 11 is 1.13. The average molecular weight is 313 g/mol. The van der Waals surface area contributed by atoms with Crippen LogP contribution in [0.15, 0.2) is 0 Å². The molecule has 21 heavy (non-hydrogen) atoms. The summed E-state index contributed by atoms with van der Waals surface area (Å²) < 4.78 is 10.5. The minimum absolute atomic E-state index is 0.0362. The predicted octanol–water partition coefficient (Wildman–Crippen LogP) is 0.831. The summed E-state index contributed by atoms with van der Waals surface area (Å²) in [5, 5.41) is 0.620. The number of ether oxygens (including phenoxy) is 2. The quantitative estimate of drug-likeness (QED) is 0.797. The third-order valence-corrected chi connectivity index (χ3v) is 4.44. The average Bonchev–Trinajstić information content (AvgIpc) is 2.77. The summed E-state index contributed by atoms with van der Waals surface area (Å²) in [5.41, 5.74) is 11.6. The largest absolute Gasteiger partial charge is 0.462 e. The number of hydrogen-bond acceptors (Lipinski definition) is 7. The number of thiophene rings is 1. The van der Waals surface area contributed by atoms with Crippen molar-refractivity contribution in [2.24, 2.45) is 5.73 Å². The molecule has 1 saturated heterocycles. The SMILES string of the molecule is CCOC(=O)c1c(N2CCOC(C)C2)sc(C(N)=O)c1N. The molecule has 1 unspecified atom stereocenters. The number of primary amides is 1. The molecule has 7 nitrogen and oxygen atoms in total. The molecule has 4 N–H and O–H groups in total. The van der Waals surface area contributed by atoms with Crippen molar-refractivity contribution in [1.29, 1.82) is 0 Å². The highest BCUT2D eigenvalue weighted by Gasteiger charge is 2.30. The maximum absolute atomic E-state index is 12.1. The Bertz CT molecular complexity index is 558. The van der Waals surface area contributed by atoms with Crippen LogP contribution in [0.25, 0.3) is 0 Å². The van der Waals surface area contributed by atoms with Gasteiger partial charge in [0, 0.05) is 13.1 Å². The van der Waals surface area contributed by atoms with E-state index in [1.807, 2.05) is 11.8 Å². The van der Waals surface area contributed by atoms with Crippen molar-refractivity contribution in [3.05, 3.63) is 10.4 Å². The lowest BCUT2D eigenvalue weighted by Crippen LogP contribution is -2.41. The molecule has 0 radical (unpaired) electrons. The van der Waals surface area contributed by atoms with Crippen molar-refractivity contribution in [2.45, 2.75) is 20.0 Å². The number of nitrogens with zero attached hydrogens (tertiary/aromatic N) is 1. The van der Waals surface area contributed by atoms with E-state index < -0.39 is 11.9 Å².